The third-order valence-corrected chi connectivity index (χ3v) is 5.68. The van der Waals surface area contributed by atoms with E-state index in [1.165, 1.54) is 14.2 Å². The minimum Gasteiger partial charge on any atom is -0.497 e. The largest absolute Gasteiger partial charge is 0.497 e. The van der Waals surface area contributed by atoms with Crippen LogP contribution in [0.4, 0.5) is 0 Å². The molecule has 4 rings (SSSR count). The molecule has 2 aromatic carbocycles. The molecule has 0 radical (unpaired) electrons. The Morgan fingerprint density at radius 1 is 1.09 bits per heavy atom. The Kier molecular flexibility index (Phi) is 6.71. The number of aromatic nitrogens is 3. The van der Waals surface area contributed by atoms with Gasteiger partial charge in [-0.15, -0.1) is 10.2 Å². The summed E-state index contributed by atoms with van der Waals surface area (Å²) < 4.78 is 18.1. The Morgan fingerprint density at radius 2 is 1.79 bits per heavy atom. The number of aliphatic carboxylic acids is 1. The lowest BCUT2D eigenvalue weighted by atomic mass is 10.2. The van der Waals surface area contributed by atoms with Crippen molar-refractivity contribution < 1.29 is 23.8 Å². The predicted octanol–water partition coefficient (Wildman–Crippen LogP) is 5.42. The predicted molar refractivity (Wildman–Crippen MR) is 125 cm³/mol. The number of thioether (sulfide) groups is 1. The number of benzene rings is 2. The van der Waals surface area contributed by atoms with Crippen molar-refractivity contribution >= 4 is 35.4 Å². The average Bonchev–Trinajstić information content (AvgIpc) is 3.48. The molecule has 0 saturated carbocycles. The van der Waals surface area contributed by atoms with E-state index in [0.29, 0.717) is 27.8 Å². The summed E-state index contributed by atoms with van der Waals surface area (Å²) in [5, 5.41) is 18.5. The van der Waals surface area contributed by atoms with Crippen molar-refractivity contribution in [2.45, 2.75) is 5.22 Å². The zero-order valence-corrected chi connectivity index (χ0v) is 19.1. The summed E-state index contributed by atoms with van der Waals surface area (Å²) >= 11 is 6.83. The molecule has 0 unspecified atom stereocenters. The Hall–Kier alpha value is -3.69. The molecule has 0 fully saturated rings. The molecule has 0 aliphatic rings. The van der Waals surface area contributed by atoms with Crippen molar-refractivity contribution in [2.24, 2.45) is 0 Å². The van der Waals surface area contributed by atoms with Crippen molar-refractivity contribution in [1.82, 2.24) is 14.8 Å². The van der Waals surface area contributed by atoms with E-state index in [9.17, 15) is 9.90 Å². The van der Waals surface area contributed by atoms with Crippen LogP contribution in [0.5, 0.6) is 11.5 Å². The lowest BCUT2D eigenvalue weighted by Crippen LogP contribution is -1.99. The van der Waals surface area contributed by atoms with Crippen LogP contribution in [0.15, 0.2) is 75.3 Å². The molecule has 0 atom stereocenters. The van der Waals surface area contributed by atoms with Crippen molar-refractivity contribution in [3.8, 4) is 28.6 Å². The van der Waals surface area contributed by atoms with Gasteiger partial charge < -0.3 is 23.6 Å². The number of ether oxygens (including phenoxy) is 2. The number of methoxy groups -OCH3 is 2. The average molecular weight is 484 g/mol. The van der Waals surface area contributed by atoms with Gasteiger partial charge in [0.1, 0.15) is 16.4 Å². The smallest absolute Gasteiger partial charge is 0.342 e. The zero-order valence-electron chi connectivity index (χ0n) is 17.6. The minimum atomic E-state index is -1.12. The Balaban J connectivity index is 1.62. The first kappa shape index (κ1) is 22.5. The summed E-state index contributed by atoms with van der Waals surface area (Å²) in [6, 6.07) is 16.0. The van der Waals surface area contributed by atoms with Gasteiger partial charge in [-0.1, -0.05) is 11.6 Å². The maximum Gasteiger partial charge on any atom is 0.342 e. The standard InChI is InChI=1S/C23H18ClN3O5S/c1-30-18-10-14(11-19(13-18)31-2)21-25-26-23(32-21)33-20(22(28)29)12-17-4-3-9-27(17)16-7-5-15(24)6-8-16/h3-13H,1-2H3,(H,28,29)/b20-12-. The minimum absolute atomic E-state index is 0.0161. The van der Waals surface area contributed by atoms with E-state index in [1.807, 2.05) is 29.0 Å². The monoisotopic (exact) mass is 483 g/mol. The third kappa shape index (κ3) is 5.21. The molecule has 0 spiro atoms. The molecule has 0 bridgehead atoms. The highest BCUT2D eigenvalue weighted by atomic mass is 35.5. The molecule has 0 amide bonds. The Morgan fingerprint density at radius 3 is 2.42 bits per heavy atom. The number of hydrogen-bond acceptors (Lipinski definition) is 7. The van der Waals surface area contributed by atoms with Crippen molar-refractivity contribution in [2.75, 3.05) is 14.2 Å². The summed E-state index contributed by atoms with van der Waals surface area (Å²) in [4.78, 5) is 11.9. The number of carbonyl (C=O) groups is 1. The summed E-state index contributed by atoms with van der Waals surface area (Å²) in [7, 11) is 3.08. The molecule has 1 N–H and O–H groups in total. The summed E-state index contributed by atoms with van der Waals surface area (Å²) in [5.74, 6) is 0.215. The van der Waals surface area contributed by atoms with Crippen LogP contribution in [0.3, 0.4) is 0 Å². The summed E-state index contributed by atoms with van der Waals surface area (Å²) in [6.45, 7) is 0. The number of hydrogen-bond donors (Lipinski definition) is 1. The van der Waals surface area contributed by atoms with Crippen LogP contribution in [0.2, 0.25) is 5.02 Å². The molecule has 0 saturated heterocycles. The SMILES string of the molecule is COc1cc(OC)cc(-c2nnc(S/C(=C\c3cccn3-c3ccc(Cl)cc3)C(=O)O)o2)c1. The van der Waals surface area contributed by atoms with E-state index in [0.717, 1.165) is 17.4 Å². The van der Waals surface area contributed by atoms with Crippen LogP contribution < -0.4 is 9.47 Å². The van der Waals surface area contributed by atoms with Gasteiger partial charge in [0, 0.05) is 34.2 Å². The fraction of sp³-hybridized carbons (Fsp3) is 0.0870. The van der Waals surface area contributed by atoms with Crippen LogP contribution >= 0.6 is 23.4 Å². The first-order valence-corrected chi connectivity index (χ1v) is 10.8. The summed E-state index contributed by atoms with van der Waals surface area (Å²) in [5.41, 5.74) is 2.10. The molecule has 2 aromatic heterocycles. The fourth-order valence-electron chi connectivity index (χ4n) is 3.01. The lowest BCUT2D eigenvalue weighted by molar-refractivity contribution is -0.131. The quantitative estimate of drug-likeness (QED) is 0.262. The molecule has 168 valence electrons. The van der Waals surface area contributed by atoms with E-state index >= 15 is 0 Å². The molecule has 2 heterocycles. The highest BCUT2D eigenvalue weighted by molar-refractivity contribution is 8.03. The number of nitrogens with zero attached hydrogens (tertiary/aromatic N) is 3. The molecule has 10 heteroatoms. The molecular formula is C23H18ClN3O5S. The van der Waals surface area contributed by atoms with Gasteiger partial charge in [0.25, 0.3) is 5.22 Å². The van der Waals surface area contributed by atoms with E-state index in [1.54, 1.807) is 42.5 Å². The molecular weight excluding hydrogens is 466 g/mol. The number of rotatable bonds is 8. The Bertz CT molecular complexity index is 1290. The van der Waals surface area contributed by atoms with E-state index in [-0.39, 0.29) is 16.0 Å². The van der Waals surface area contributed by atoms with Crippen LogP contribution in [0.25, 0.3) is 23.2 Å². The third-order valence-electron chi connectivity index (χ3n) is 4.58. The van der Waals surface area contributed by atoms with Crippen molar-refractivity contribution in [1.29, 1.82) is 0 Å². The van der Waals surface area contributed by atoms with Gasteiger partial charge in [0.05, 0.1) is 14.2 Å². The van der Waals surface area contributed by atoms with Gasteiger partial charge in [-0.05, 0) is 66.4 Å². The Labute approximate surface area is 198 Å². The van der Waals surface area contributed by atoms with E-state index in [2.05, 4.69) is 10.2 Å². The topological polar surface area (TPSA) is 99.6 Å². The maximum absolute atomic E-state index is 11.9. The second-order valence-electron chi connectivity index (χ2n) is 6.67. The van der Waals surface area contributed by atoms with Crippen LogP contribution in [0.1, 0.15) is 5.69 Å². The highest BCUT2D eigenvalue weighted by Gasteiger charge is 2.18. The van der Waals surface area contributed by atoms with Crippen molar-refractivity contribution in [3.05, 3.63) is 76.4 Å². The molecule has 8 nitrogen and oxygen atoms in total. The van der Waals surface area contributed by atoms with Gasteiger partial charge in [0.2, 0.25) is 5.89 Å². The summed E-state index contributed by atoms with van der Waals surface area (Å²) in [6.07, 6.45) is 3.38. The van der Waals surface area contributed by atoms with Crippen molar-refractivity contribution in [3.63, 3.8) is 0 Å². The number of carboxylic acid groups (broad SMARTS) is 1. The molecule has 0 aliphatic carbocycles. The number of carboxylic acids is 1. The second kappa shape index (κ2) is 9.85. The normalized spacial score (nSPS) is 11.4. The lowest BCUT2D eigenvalue weighted by Gasteiger charge is -2.07. The van der Waals surface area contributed by atoms with E-state index in [4.69, 9.17) is 25.5 Å². The van der Waals surface area contributed by atoms with Gasteiger partial charge in [-0.2, -0.15) is 0 Å². The highest BCUT2D eigenvalue weighted by Crippen LogP contribution is 2.33. The first-order chi connectivity index (χ1) is 16.0. The second-order valence-corrected chi connectivity index (χ2v) is 8.10. The zero-order chi connectivity index (χ0) is 23.4. The molecule has 4 aromatic rings. The van der Waals surface area contributed by atoms with Gasteiger partial charge in [0.15, 0.2) is 0 Å². The van der Waals surface area contributed by atoms with Gasteiger partial charge in [-0.25, -0.2) is 4.79 Å². The van der Waals surface area contributed by atoms with Crippen LogP contribution in [-0.2, 0) is 4.79 Å². The van der Waals surface area contributed by atoms with Gasteiger partial charge >= 0.3 is 5.97 Å². The molecule has 0 aliphatic heterocycles. The first-order valence-electron chi connectivity index (χ1n) is 9.60. The number of halogens is 1. The van der Waals surface area contributed by atoms with Gasteiger partial charge in [-0.3, -0.25) is 0 Å². The van der Waals surface area contributed by atoms with E-state index < -0.39 is 5.97 Å². The molecule has 33 heavy (non-hydrogen) atoms. The van der Waals surface area contributed by atoms with Crippen LogP contribution in [0, 0.1) is 0 Å². The van der Waals surface area contributed by atoms with Crippen LogP contribution in [-0.4, -0.2) is 40.1 Å². The fourth-order valence-corrected chi connectivity index (χ4v) is 3.79. The maximum atomic E-state index is 11.9.